The zero-order chi connectivity index (χ0) is 21.7. The van der Waals surface area contributed by atoms with Gasteiger partial charge in [0.2, 0.25) is 0 Å². The van der Waals surface area contributed by atoms with E-state index in [2.05, 4.69) is 74.7 Å². The molecule has 6 heteroatoms. The Kier molecular flexibility index (Phi) is 19.8. The molecule has 0 aliphatic heterocycles. The van der Waals surface area contributed by atoms with Crippen LogP contribution in [0.4, 0.5) is 0 Å². The van der Waals surface area contributed by atoms with Crippen LogP contribution in [0.3, 0.4) is 0 Å². The monoisotopic (exact) mass is 479 g/mol. The van der Waals surface area contributed by atoms with Crippen molar-refractivity contribution in [2.45, 2.75) is 59.3 Å². The second-order valence-electron chi connectivity index (χ2n) is 8.06. The SMILES string of the molecule is CC(C)(C)[NH-].Cc1cc2ccccc2[cH-]1.[CH2-]CCO[Si](C)(C)C.[CH2]=[Ti]([Cl])[Cl].[CH3-]. The van der Waals surface area contributed by atoms with Crippen LogP contribution in [-0.2, 0) is 19.7 Å². The molecule has 0 heterocycles. The largest absolute Gasteiger partial charge is 0.358 e. The van der Waals surface area contributed by atoms with Gasteiger partial charge in [-0.15, -0.1) is 46.1 Å². The Morgan fingerprint density at radius 1 is 1.21 bits per heavy atom. The minimum absolute atomic E-state index is 0. The van der Waals surface area contributed by atoms with Crippen molar-refractivity contribution < 1.29 is 19.7 Å². The molecule has 0 saturated heterocycles. The molecule has 0 fully saturated rings. The smallest absolute Gasteiger partial charge is 0.358 e. The minimum Gasteiger partial charge on any atom is -0.358 e. The first-order chi connectivity index (χ1) is 12.2. The van der Waals surface area contributed by atoms with Gasteiger partial charge in [-0.25, -0.2) is 0 Å². The van der Waals surface area contributed by atoms with Crippen LogP contribution >= 0.6 is 18.6 Å². The van der Waals surface area contributed by atoms with E-state index < -0.39 is 23.6 Å². The Morgan fingerprint density at radius 2 is 1.64 bits per heavy atom. The summed E-state index contributed by atoms with van der Waals surface area (Å²) < 4.78 is 5.45. The molecule has 0 aliphatic rings. The van der Waals surface area contributed by atoms with Crippen molar-refractivity contribution >= 4 is 42.5 Å². The summed E-state index contributed by atoms with van der Waals surface area (Å²) in [7, 11) is 8.97. The van der Waals surface area contributed by atoms with Gasteiger partial charge in [-0.05, 0) is 19.6 Å². The van der Waals surface area contributed by atoms with E-state index >= 15 is 0 Å². The molecule has 2 aromatic carbocycles. The maximum absolute atomic E-state index is 6.94. The number of aryl methyl sites for hydroxylation is 1. The van der Waals surface area contributed by atoms with Crippen molar-refractivity contribution in [2.24, 2.45) is 0 Å². The maximum Gasteiger partial charge on any atom is -0.358 e. The van der Waals surface area contributed by atoms with Crippen LogP contribution in [-0.4, -0.2) is 25.3 Å². The Balaban J connectivity index is -0.000000315. The molecule has 2 nitrogen and oxygen atoms in total. The van der Waals surface area contributed by atoms with E-state index in [4.69, 9.17) is 28.8 Å². The molecule has 0 bridgehead atoms. The number of hydrogen-bond donors (Lipinski definition) is 0. The van der Waals surface area contributed by atoms with E-state index in [1.165, 1.54) is 16.3 Å². The number of halogens is 2. The summed E-state index contributed by atoms with van der Waals surface area (Å²) in [4.78, 5) is 3.34. The van der Waals surface area contributed by atoms with Crippen molar-refractivity contribution in [3.8, 4) is 0 Å². The summed E-state index contributed by atoms with van der Waals surface area (Å²) in [6, 6.07) is 12.8. The summed E-state index contributed by atoms with van der Waals surface area (Å²) in [5, 5.41) is 2.69. The zero-order valence-electron chi connectivity index (χ0n) is 19.0. The molecule has 0 unspecified atom stereocenters. The fraction of sp³-hybridized carbons (Fsp3) is 0.455. The summed E-state index contributed by atoms with van der Waals surface area (Å²) in [5.41, 5.74) is 8.04. The van der Waals surface area contributed by atoms with Crippen molar-refractivity contribution in [3.05, 3.63) is 62.0 Å². The predicted molar refractivity (Wildman–Crippen MR) is 133 cm³/mol. The van der Waals surface area contributed by atoms with Gasteiger partial charge in [0.1, 0.15) is 0 Å². The van der Waals surface area contributed by atoms with Crippen LogP contribution in [0.25, 0.3) is 16.5 Å². The average Bonchev–Trinajstić information content (AvgIpc) is 2.82. The first kappa shape index (κ1) is 32.8. The first-order valence-electron chi connectivity index (χ1n) is 8.96. The number of benzene rings is 1. The normalized spacial score (nSPS) is 10.2. The van der Waals surface area contributed by atoms with Gasteiger partial charge < -0.3 is 24.5 Å². The van der Waals surface area contributed by atoms with Crippen molar-refractivity contribution in [3.63, 3.8) is 0 Å². The van der Waals surface area contributed by atoms with E-state index in [0.29, 0.717) is 0 Å². The van der Waals surface area contributed by atoms with Gasteiger partial charge in [-0.2, -0.15) is 12.5 Å². The third-order valence-corrected chi connectivity index (χ3v) is 3.51. The van der Waals surface area contributed by atoms with Gasteiger partial charge in [0, 0.05) is 6.61 Å². The summed E-state index contributed by atoms with van der Waals surface area (Å²) in [5.74, 6) is 0. The third-order valence-electron chi connectivity index (χ3n) is 2.44. The molecule has 2 rings (SSSR count). The van der Waals surface area contributed by atoms with E-state index in [1.807, 2.05) is 20.8 Å². The Labute approximate surface area is 189 Å². The fourth-order valence-corrected chi connectivity index (χ4v) is 2.44. The number of hydrogen-bond acceptors (Lipinski definition) is 1. The Hall–Kier alpha value is 0.131. The topological polar surface area (TPSA) is 33.0 Å². The van der Waals surface area contributed by atoms with Gasteiger partial charge in [-0.3, -0.25) is 0 Å². The number of fused-ring (bicyclic) bond motifs is 1. The molecule has 2 aromatic rings. The molecular weight excluding hydrogens is 441 g/mol. The van der Waals surface area contributed by atoms with Gasteiger partial charge in [0.25, 0.3) is 0 Å². The average molecular weight is 480 g/mol. The van der Waals surface area contributed by atoms with Gasteiger partial charge in [0.15, 0.2) is 8.32 Å². The minimum atomic E-state index is -1.64. The van der Waals surface area contributed by atoms with E-state index in [9.17, 15) is 0 Å². The molecule has 0 radical (unpaired) electrons. The van der Waals surface area contributed by atoms with Crippen LogP contribution in [0.5, 0.6) is 0 Å². The van der Waals surface area contributed by atoms with Crippen molar-refractivity contribution in [1.29, 1.82) is 0 Å². The standard InChI is InChI=1S/C10H9.C6H15OSi.C4H10N.CH3.CH2.2ClH.Ti/c1-8-6-9-4-2-3-5-10(9)7-8;1-5-6-7-8(2,3)4;1-4(2,3)5;;;;;/h2-7H,1H3;1,5-6H2,2-4H3;5H,1-3H3;1H3;1H2;2*1H;/q4*-1;;;;+2/p-2. The van der Waals surface area contributed by atoms with E-state index in [1.54, 1.807) is 0 Å². The summed E-state index contributed by atoms with van der Waals surface area (Å²) in [6.45, 7) is 18.8. The van der Waals surface area contributed by atoms with Crippen molar-refractivity contribution in [1.82, 2.24) is 0 Å². The Bertz CT molecular complexity index is 603. The number of rotatable bonds is 3. The molecule has 0 amide bonds. The molecule has 0 saturated carbocycles. The molecule has 0 spiro atoms. The second kappa shape index (κ2) is 16.9. The molecule has 28 heavy (non-hydrogen) atoms. The Morgan fingerprint density at radius 3 is 1.96 bits per heavy atom. The third kappa shape index (κ3) is 28.3. The van der Waals surface area contributed by atoms with Crippen LogP contribution in [0, 0.1) is 21.3 Å². The van der Waals surface area contributed by atoms with Gasteiger partial charge in [-0.1, -0.05) is 33.8 Å². The zero-order valence-corrected chi connectivity index (χ0v) is 23.0. The molecule has 1 N–H and O–H groups in total. The summed E-state index contributed by atoms with van der Waals surface area (Å²) >= 11 is -1.64. The van der Waals surface area contributed by atoms with Crippen molar-refractivity contribution in [2.75, 3.05) is 6.61 Å². The molecule has 0 aliphatic carbocycles. The van der Waals surface area contributed by atoms with Crippen LogP contribution in [0.2, 0.25) is 19.6 Å². The van der Waals surface area contributed by atoms with Crippen LogP contribution < -0.4 is 0 Å². The molecule has 0 aromatic heterocycles. The summed E-state index contributed by atoms with van der Waals surface area (Å²) in [6.07, 6.45) is 0.893. The van der Waals surface area contributed by atoms with Gasteiger partial charge >= 0.3 is 38.7 Å². The maximum atomic E-state index is 6.94. The van der Waals surface area contributed by atoms with E-state index in [-0.39, 0.29) is 13.0 Å². The van der Waals surface area contributed by atoms with E-state index in [0.717, 1.165) is 13.0 Å². The second-order valence-corrected chi connectivity index (χ2v) is 18.2. The number of nitrogens with one attached hydrogen (secondary N) is 1. The quantitative estimate of drug-likeness (QED) is 0.320. The predicted octanol–water partition coefficient (Wildman–Crippen LogP) is 8.56. The molecule has 164 valence electrons. The van der Waals surface area contributed by atoms with Gasteiger partial charge in [0.05, 0.1) is 0 Å². The first-order valence-corrected chi connectivity index (χ1v) is 17.8. The van der Waals surface area contributed by atoms with Crippen LogP contribution in [0.15, 0.2) is 36.4 Å². The van der Waals surface area contributed by atoms with Crippen LogP contribution in [0.1, 0.15) is 32.8 Å². The molecular formula is C22H39Cl2NOSiTi-4. The molecule has 0 atom stereocenters. The fourth-order valence-electron chi connectivity index (χ4n) is 1.68.